The van der Waals surface area contributed by atoms with Gasteiger partial charge in [0.05, 0.1) is 24.9 Å². The van der Waals surface area contributed by atoms with E-state index in [0.29, 0.717) is 49.3 Å². The van der Waals surface area contributed by atoms with Crippen molar-refractivity contribution in [3.05, 3.63) is 36.0 Å². The number of morpholine rings is 1. The van der Waals surface area contributed by atoms with Gasteiger partial charge in [-0.1, -0.05) is 0 Å². The van der Waals surface area contributed by atoms with Crippen molar-refractivity contribution in [3.63, 3.8) is 0 Å². The molecule has 2 N–H and O–H groups in total. The van der Waals surface area contributed by atoms with Gasteiger partial charge in [-0.05, 0) is 52.0 Å². The number of amides is 2. The fourth-order valence-electron chi connectivity index (χ4n) is 3.32. The number of urea groups is 1. The van der Waals surface area contributed by atoms with Crippen LogP contribution >= 0.6 is 0 Å². The van der Waals surface area contributed by atoms with Crippen molar-refractivity contribution in [2.45, 2.75) is 38.5 Å². The summed E-state index contributed by atoms with van der Waals surface area (Å²) in [5.41, 5.74) is 1.79. The van der Waals surface area contributed by atoms with Crippen molar-refractivity contribution < 1.29 is 17.9 Å². The summed E-state index contributed by atoms with van der Waals surface area (Å²) in [5.74, 6) is 1.10. The Labute approximate surface area is 189 Å². The summed E-state index contributed by atoms with van der Waals surface area (Å²) < 4.78 is 29.4. The molecular weight excluding hydrogens is 430 g/mol. The number of aromatic nitrogens is 2. The Morgan fingerprint density at radius 3 is 2.53 bits per heavy atom. The van der Waals surface area contributed by atoms with Gasteiger partial charge in [0.25, 0.3) is 0 Å². The van der Waals surface area contributed by atoms with Gasteiger partial charge in [0.2, 0.25) is 0 Å². The number of nitrogens with one attached hydrogen (secondary N) is 2. The Balaban J connectivity index is 2.04. The first-order chi connectivity index (χ1) is 15.0. The predicted molar refractivity (Wildman–Crippen MR) is 126 cm³/mol. The highest BCUT2D eigenvalue weighted by atomic mass is 32.2. The lowest BCUT2D eigenvalue weighted by Gasteiger charge is -2.35. The lowest BCUT2D eigenvalue weighted by molar-refractivity contribution is 0.0985. The van der Waals surface area contributed by atoms with Crippen LogP contribution in [0.3, 0.4) is 0 Å². The predicted octanol–water partition coefficient (Wildman–Crippen LogP) is 2.79. The van der Waals surface area contributed by atoms with E-state index in [-0.39, 0.29) is 12.1 Å². The molecule has 1 aliphatic heterocycles. The molecule has 1 fully saturated rings. The van der Waals surface area contributed by atoms with Crippen molar-refractivity contribution in [2.24, 2.45) is 0 Å². The second-order valence-electron chi connectivity index (χ2n) is 8.40. The standard InChI is InChI=1S/C22H31N5O4S/c1-6-23-21(28)24-17-9-7-16(8-10-17)20-25-18(22(3,4)32(5,29)30)13-19(26-20)27-11-12-31-14-15(27)2/h7-10,13,15H,6,11-12,14H2,1-5H3,(H2,23,24,28)/t15-/m0/s1. The third-order valence-corrected chi connectivity index (χ3v) is 7.72. The molecule has 0 saturated carbocycles. The minimum Gasteiger partial charge on any atom is -0.377 e. The van der Waals surface area contributed by atoms with Gasteiger partial charge in [0.15, 0.2) is 15.7 Å². The van der Waals surface area contributed by atoms with Gasteiger partial charge in [0.1, 0.15) is 10.6 Å². The number of nitrogens with zero attached hydrogens (tertiary/aromatic N) is 3. The van der Waals surface area contributed by atoms with Crippen LogP contribution in [0.15, 0.2) is 30.3 Å². The van der Waals surface area contributed by atoms with E-state index in [1.807, 2.05) is 13.8 Å². The average molecular weight is 462 g/mol. The quantitative estimate of drug-likeness (QED) is 0.680. The van der Waals surface area contributed by atoms with E-state index >= 15 is 0 Å². The molecule has 1 saturated heterocycles. The number of sulfone groups is 1. The van der Waals surface area contributed by atoms with Crippen molar-refractivity contribution >= 4 is 27.4 Å². The Morgan fingerprint density at radius 2 is 1.94 bits per heavy atom. The molecule has 2 heterocycles. The first-order valence-corrected chi connectivity index (χ1v) is 12.5. The van der Waals surface area contributed by atoms with Crippen LogP contribution in [0.1, 0.15) is 33.4 Å². The van der Waals surface area contributed by atoms with Crippen LogP contribution in [0.4, 0.5) is 16.3 Å². The maximum atomic E-state index is 12.5. The number of benzene rings is 1. The number of rotatable bonds is 6. The maximum absolute atomic E-state index is 12.5. The number of carbonyl (C=O) groups excluding carboxylic acids is 1. The van der Waals surface area contributed by atoms with Crippen LogP contribution in [0.5, 0.6) is 0 Å². The molecule has 32 heavy (non-hydrogen) atoms. The molecule has 174 valence electrons. The second-order valence-corrected chi connectivity index (χ2v) is 11.0. The summed E-state index contributed by atoms with van der Waals surface area (Å²) in [7, 11) is -3.43. The number of ether oxygens (including phenoxy) is 1. The van der Waals surface area contributed by atoms with Crippen molar-refractivity contribution in [1.82, 2.24) is 15.3 Å². The Bertz CT molecular complexity index is 1070. The number of carbonyl (C=O) groups is 1. The van der Waals surface area contributed by atoms with E-state index in [4.69, 9.17) is 9.72 Å². The van der Waals surface area contributed by atoms with Gasteiger partial charge in [-0.15, -0.1) is 0 Å². The molecule has 1 atom stereocenters. The zero-order valence-electron chi connectivity index (χ0n) is 19.2. The maximum Gasteiger partial charge on any atom is 0.319 e. The Kier molecular flexibility index (Phi) is 7.04. The smallest absolute Gasteiger partial charge is 0.319 e. The molecular formula is C22H31N5O4S. The lowest BCUT2D eigenvalue weighted by Crippen LogP contribution is -2.44. The third kappa shape index (κ3) is 5.18. The topological polar surface area (TPSA) is 114 Å². The molecule has 2 aromatic rings. The van der Waals surface area contributed by atoms with E-state index in [0.717, 1.165) is 5.56 Å². The molecule has 0 bridgehead atoms. The highest BCUT2D eigenvalue weighted by molar-refractivity contribution is 7.91. The molecule has 9 nitrogen and oxygen atoms in total. The van der Waals surface area contributed by atoms with Crippen LogP contribution < -0.4 is 15.5 Å². The third-order valence-electron chi connectivity index (χ3n) is 5.66. The number of hydrogen-bond donors (Lipinski definition) is 2. The van der Waals surface area contributed by atoms with Crippen molar-refractivity contribution in [3.8, 4) is 11.4 Å². The zero-order chi connectivity index (χ0) is 23.5. The molecule has 2 amide bonds. The molecule has 0 unspecified atom stereocenters. The fraction of sp³-hybridized carbons (Fsp3) is 0.500. The SMILES string of the molecule is CCNC(=O)Nc1ccc(-c2nc(N3CCOC[C@@H]3C)cc(C(C)(C)S(C)(=O)=O)n2)cc1. The zero-order valence-corrected chi connectivity index (χ0v) is 20.0. The van der Waals surface area contributed by atoms with E-state index in [1.165, 1.54) is 6.26 Å². The minimum absolute atomic E-state index is 0.101. The normalized spacial score (nSPS) is 17.2. The van der Waals surface area contributed by atoms with E-state index in [9.17, 15) is 13.2 Å². The van der Waals surface area contributed by atoms with Crippen LogP contribution in [0.2, 0.25) is 0 Å². The van der Waals surface area contributed by atoms with Gasteiger partial charge in [-0.3, -0.25) is 0 Å². The first kappa shape index (κ1) is 23.9. The fourth-order valence-corrected chi connectivity index (χ4v) is 3.80. The van der Waals surface area contributed by atoms with Crippen LogP contribution in [-0.2, 0) is 19.3 Å². The van der Waals surface area contributed by atoms with Gasteiger partial charge in [-0.2, -0.15) is 0 Å². The summed E-state index contributed by atoms with van der Waals surface area (Å²) in [6.45, 7) is 9.54. The molecule has 0 aliphatic carbocycles. The molecule has 1 aromatic heterocycles. The van der Waals surface area contributed by atoms with E-state index in [1.54, 1.807) is 44.2 Å². The van der Waals surface area contributed by atoms with Gasteiger partial charge < -0.3 is 20.3 Å². The van der Waals surface area contributed by atoms with Gasteiger partial charge >= 0.3 is 6.03 Å². The van der Waals surface area contributed by atoms with Crippen molar-refractivity contribution in [1.29, 1.82) is 0 Å². The van der Waals surface area contributed by atoms with Crippen LogP contribution in [0.25, 0.3) is 11.4 Å². The highest BCUT2D eigenvalue weighted by Gasteiger charge is 2.35. The average Bonchev–Trinajstić information content (AvgIpc) is 2.73. The summed E-state index contributed by atoms with van der Waals surface area (Å²) >= 11 is 0. The number of anilines is 2. The molecule has 0 radical (unpaired) electrons. The number of hydrogen-bond acceptors (Lipinski definition) is 7. The highest BCUT2D eigenvalue weighted by Crippen LogP contribution is 2.32. The molecule has 1 aromatic carbocycles. The molecule has 3 rings (SSSR count). The monoisotopic (exact) mass is 461 g/mol. The van der Waals surface area contributed by atoms with E-state index < -0.39 is 14.6 Å². The summed E-state index contributed by atoms with van der Waals surface area (Å²) in [4.78, 5) is 23.3. The first-order valence-electron chi connectivity index (χ1n) is 10.6. The molecule has 10 heteroatoms. The summed E-state index contributed by atoms with van der Waals surface area (Å²) in [5, 5.41) is 5.43. The summed E-state index contributed by atoms with van der Waals surface area (Å²) in [6.07, 6.45) is 1.22. The van der Waals surface area contributed by atoms with Crippen LogP contribution in [0, 0.1) is 0 Å². The van der Waals surface area contributed by atoms with Crippen LogP contribution in [-0.4, -0.2) is 63.0 Å². The second kappa shape index (κ2) is 9.41. The largest absolute Gasteiger partial charge is 0.377 e. The lowest BCUT2D eigenvalue weighted by atomic mass is 10.1. The minimum atomic E-state index is -3.43. The van der Waals surface area contributed by atoms with Crippen molar-refractivity contribution in [2.75, 3.05) is 42.8 Å². The van der Waals surface area contributed by atoms with E-state index in [2.05, 4.69) is 20.5 Å². The van der Waals surface area contributed by atoms with Gasteiger partial charge in [-0.25, -0.2) is 23.2 Å². The Morgan fingerprint density at radius 1 is 1.25 bits per heavy atom. The summed E-state index contributed by atoms with van der Waals surface area (Å²) in [6, 6.07) is 8.72. The van der Waals surface area contributed by atoms with Gasteiger partial charge in [0, 0.05) is 36.7 Å². The Hall–Kier alpha value is -2.72. The molecule has 1 aliphatic rings. The molecule has 0 spiro atoms.